The molecule has 0 bridgehead atoms. The van der Waals surface area contributed by atoms with E-state index in [9.17, 15) is 29.1 Å². The monoisotopic (exact) mass is 501 g/mol. The first-order valence-corrected chi connectivity index (χ1v) is 12.4. The third kappa shape index (κ3) is 6.60. The van der Waals surface area contributed by atoms with Gasteiger partial charge in [-0.1, -0.05) is 20.3 Å². The van der Waals surface area contributed by atoms with Crippen LogP contribution in [0.15, 0.2) is 0 Å². The Morgan fingerprint density at radius 1 is 1.24 bits per heavy atom. The van der Waals surface area contributed by atoms with Crippen molar-refractivity contribution in [3.8, 4) is 0 Å². The molecule has 2 heterocycles. The lowest BCUT2D eigenvalue weighted by molar-refractivity contribution is -0.150. The van der Waals surface area contributed by atoms with E-state index in [1.54, 1.807) is 7.05 Å². The van der Waals surface area contributed by atoms with E-state index in [-0.39, 0.29) is 43.6 Å². The molecule has 2 rings (SSSR count). The molecular weight excluding hydrogens is 466 g/mol. The minimum Gasteiger partial charge on any atom is -0.481 e. The van der Waals surface area contributed by atoms with Crippen LogP contribution >= 0.6 is 11.8 Å². The predicted octanol–water partition coefficient (Wildman–Crippen LogP) is -0.778. The van der Waals surface area contributed by atoms with Crippen molar-refractivity contribution in [1.29, 1.82) is 0 Å². The average molecular weight is 502 g/mol. The van der Waals surface area contributed by atoms with Gasteiger partial charge in [-0.3, -0.25) is 24.6 Å². The van der Waals surface area contributed by atoms with Crippen molar-refractivity contribution in [1.82, 2.24) is 26.4 Å². The highest BCUT2D eigenvalue weighted by molar-refractivity contribution is 8.01. The number of aliphatic hydroxyl groups excluding tert-OH is 1. The first kappa shape index (κ1) is 27.9. The van der Waals surface area contributed by atoms with E-state index in [4.69, 9.17) is 5.11 Å². The maximum absolute atomic E-state index is 13.7. The fraction of sp³-hybridized carbons (Fsp3) is 0.762. The summed E-state index contributed by atoms with van der Waals surface area (Å²) >= 11 is 1.32. The Kier molecular flexibility index (Phi) is 10.1. The number of nitrogens with one attached hydrogen (secondary N) is 4. The van der Waals surface area contributed by atoms with Crippen LogP contribution in [0.4, 0.5) is 4.79 Å². The molecule has 12 nitrogen and oxygen atoms in total. The van der Waals surface area contributed by atoms with Crippen LogP contribution < -0.4 is 21.4 Å². The van der Waals surface area contributed by atoms with Gasteiger partial charge in [0, 0.05) is 18.6 Å². The summed E-state index contributed by atoms with van der Waals surface area (Å²) in [6.45, 7) is 2.84. The van der Waals surface area contributed by atoms with Gasteiger partial charge in [-0.25, -0.2) is 9.80 Å². The number of likely N-dealkylation sites (N-methyl/N-ethyl adjacent to an activating group) is 1. The average Bonchev–Trinajstić information content (AvgIpc) is 3.28. The molecule has 2 fully saturated rings. The van der Waals surface area contributed by atoms with Crippen LogP contribution in [-0.4, -0.2) is 93.6 Å². The van der Waals surface area contributed by atoms with E-state index in [0.29, 0.717) is 18.6 Å². The number of Topliss-reactive ketones (excluding diaryl/α,β-unsaturated/α-hetero) is 1. The maximum Gasteiger partial charge on any atom is 0.315 e. The summed E-state index contributed by atoms with van der Waals surface area (Å²) < 4.78 is -1.18. The van der Waals surface area contributed by atoms with E-state index in [0.717, 1.165) is 5.01 Å². The highest BCUT2D eigenvalue weighted by Crippen LogP contribution is 2.44. The van der Waals surface area contributed by atoms with Crippen molar-refractivity contribution in [3.05, 3.63) is 0 Å². The second kappa shape index (κ2) is 12.4. The van der Waals surface area contributed by atoms with Gasteiger partial charge in [0.25, 0.3) is 11.8 Å². The van der Waals surface area contributed by atoms with Crippen molar-refractivity contribution >= 4 is 41.4 Å². The quantitative estimate of drug-likeness (QED) is 0.107. The largest absolute Gasteiger partial charge is 0.481 e. The first-order valence-electron chi connectivity index (χ1n) is 11.4. The molecule has 2 saturated heterocycles. The Balaban J connectivity index is 2.31. The van der Waals surface area contributed by atoms with Crippen LogP contribution in [0.5, 0.6) is 0 Å². The molecule has 0 aromatic heterocycles. The van der Waals surface area contributed by atoms with Crippen LogP contribution in [0.1, 0.15) is 46.0 Å². The van der Waals surface area contributed by atoms with Crippen molar-refractivity contribution in [2.24, 2.45) is 5.92 Å². The topological polar surface area (TPSA) is 177 Å². The highest BCUT2D eigenvalue weighted by atomic mass is 32.2. The van der Waals surface area contributed by atoms with Crippen LogP contribution in [0, 0.1) is 5.92 Å². The third-order valence-electron chi connectivity index (χ3n) is 5.89. The number of carbonyl (C=O) groups excluding carboxylic acids is 4. The molecule has 13 heteroatoms. The van der Waals surface area contributed by atoms with Crippen molar-refractivity contribution in [3.63, 3.8) is 0 Å². The number of unbranched alkanes of at least 4 members (excludes halogenated alkanes) is 1. The maximum atomic E-state index is 13.7. The van der Waals surface area contributed by atoms with E-state index >= 15 is 0 Å². The molecule has 34 heavy (non-hydrogen) atoms. The lowest BCUT2D eigenvalue weighted by atomic mass is 9.88. The lowest BCUT2D eigenvalue weighted by Crippen LogP contribution is -2.64. The van der Waals surface area contributed by atoms with Gasteiger partial charge in [0.05, 0.1) is 25.2 Å². The Labute approximate surface area is 202 Å². The zero-order chi connectivity index (χ0) is 25.5. The molecule has 4 amide bonds. The van der Waals surface area contributed by atoms with Gasteiger partial charge in [0.2, 0.25) is 0 Å². The van der Waals surface area contributed by atoms with Gasteiger partial charge in [-0.15, -0.1) is 11.8 Å². The Hall–Kier alpha value is -2.38. The number of carbonyl (C=O) groups is 5. The molecule has 0 unspecified atom stereocenters. The summed E-state index contributed by atoms with van der Waals surface area (Å²) in [7, 11) is 1.54. The molecule has 0 radical (unpaired) electrons. The zero-order valence-corrected chi connectivity index (χ0v) is 20.6. The molecule has 2 aliphatic rings. The number of hydrazine groups is 1. The first-order chi connectivity index (χ1) is 16.0. The number of ketones is 1. The summed E-state index contributed by atoms with van der Waals surface area (Å²) in [5, 5.41) is 28.0. The number of aliphatic carboxylic acids is 1. The minimum absolute atomic E-state index is 0.00926. The molecule has 0 saturated carbocycles. The number of carboxylic acids is 1. The summed E-state index contributed by atoms with van der Waals surface area (Å²) in [5.41, 5.74) is 2.57. The van der Waals surface area contributed by atoms with Gasteiger partial charge >= 0.3 is 12.0 Å². The molecule has 0 aliphatic carbocycles. The molecule has 0 spiro atoms. The van der Waals surface area contributed by atoms with E-state index in [1.807, 2.05) is 13.8 Å². The molecule has 192 valence electrons. The Morgan fingerprint density at radius 3 is 2.53 bits per heavy atom. The van der Waals surface area contributed by atoms with Crippen LogP contribution in [0.2, 0.25) is 0 Å². The zero-order valence-electron chi connectivity index (χ0n) is 19.8. The number of amides is 4. The number of thioether (sulfide) groups is 1. The van der Waals surface area contributed by atoms with Crippen molar-refractivity contribution in [2.75, 3.05) is 26.0 Å². The highest BCUT2D eigenvalue weighted by Gasteiger charge is 2.58. The van der Waals surface area contributed by atoms with Crippen molar-refractivity contribution < 1.29 is 34.2 Å². The summed E-state index contributed by atoms with van der Waals surface area (Å²) in [6.07, 6.45) is 1.08. The summed E-state index contributed by atoms with van der Waals surface area (Å²) in [6, 6.07) is -2.54. The summed E-state index contributed by atoms with van der Waals surface area (Å²) in [4.78, 5) is 62.2. The van der Waals surface area contributed by atoms with Gasteiger partial charge in [0.1, 0.15) is 10.8 Å². The Bertz CT molecular complexity index is 795. The number of urea groups is 1. The fourth-order valence-electron chi connectivity index (χ4n) is 4.28. The number of carboxylic acid groups (broad SMARTS) is 1. The second-order valence-electron chi connectivity index (χ2n) is 9.00. The molecule has 2 aliphatic heterocycles. The standard InChI is InChI=1S/C21H35N5O7S/c1-12(2)8-15(28)14(10-27)26(16(29)9-22-3)25-19(32)21(7-5-4-6-17(30)31)18-13(11-34-21)23-20(33)24-18/h12-14,18,22,27H,4-11H2,1-3H3,(H,25,32)(H,30,31)(H2,23,24,33)/t13-,14-,18-,21-/m0/s1. The molecule has 0 aromatic rings. The molecule has 6 N–H and O–H groups in total. The van der Waals surface area contributed by atoms with Gasteiger partial charge in [0.15, 0.2) is 5.78 Å². The van der Waals surface area contributed by atoms with Crippen molar-refractivity contribution in [2.45, 2.75) is 68.8 Å². The van der Waals surface area contributed by atoms with Crippen LogP contribution in [-0.2, 0) is 19.2 Å². The van der Waals surface area contributed by atoms with Crippen LogP contribution in [0.3, 0.4) is 0 Å². The lowest BCUT2D eigenvalue weighted by Gasteiger charge is -2.37. The summed E-state index contributed by atoms with van der Waals surface area (Å²) in [5.74, 6) is -2.05. The SMILES string of the molecule is CNCC(=O)N(NC(=O)[C@@]1(CCCCC(=O)O)SC[C@@H]2NC(=O)N[C@@H]21)[C@@H](CO)C(=O)CC(C)C. The number of fused-ring (bicyclic) bond motifs is 1. The number of hydrogen-bond donors (Lipinski definition) is 6. The molecular formula is C21H35N5O7S. The van der Waals surface area contributed by atoms with E-state index in [1.165, 1.54) is 11.8 Å². The van der Waals surface area contributed by atoms with Crippen LogP contribution in [0.25, 0.3) is 0 Å². The fourth-order valence-corrected chi connectivity index (χ4v) is 5.90. The number of nitrogens with zero attached hydrogens (tertiary/aromatic N) is 1. The second-order valence-corrected chi connectivity index (χ2v) is 10.4. The number of hydrogen-bond acceptors (Lipinski definition) is 8. The molecule has 4 atom stereocenters. The third-order valence-corrected chi connectivity index (χ3v) is 7.57. The number of aliphatic hydroxyl groups is 1. The van der Waals surface area contributed by atoms with Gasteiger partial charge in [-0.05, 0) is 25.8 Å². The normalized spacial score (nSPS) is 24.2. The van der Waals surface area contributed by atoms with Gasteiger partial charge in [-0.2, -0.15) is 0 Å². The van der Waals surface area contributed by atoms with E-state index < -0.39 is 47.3 Å². The smallest absolute Gasteiger partial charge is 0.315 e. The molecule has 0 aromatic carbocycles. The Morgan fingerprint density at radius 2 is 1.94 bits per heavy atom. The minimum atomic E-state index is -1.25. The van der Waals surface area contributed by atoms with E-state index in [2.05, 4.69) is 21.4 Å². The number of rotatable bonds is 13. The predicted molar refractivity (Wildman–Crippen MR) is 125 cm³/mol. The van der Waals surface area contributed by atoms with Gasteiger partial charge < -0.3 is 26.2 Å².